The van der Waals surface area contributed by atoms with Gasteiger partial charge in [0.05, 0.1) is 31.4 Å². The van der Waals surface area contributed by atoms with E-state index in [1.165, 1.54) is 50.6 Å². The van der Waals surface area contributed by atoms with E-state index < -0.39 is 46.6 Å². The zero-order chi connectivity index (χ0) is 26.2. The number of methoxy groups -OCH3 is 2. The number of aliphatic hydroxyl groups excluding tert-OH is 1. The van der Waals surface area contributed by atoms with Gasteiger partial charge < -0.3 is 14.6 Å². The van der Waals surface area contributed by atoms with E-state index in [4.69, 9.17) is 9.47 Å². The van der Waals surface area contributed by atoms with Crippen molar-refractivity contribution in [2.45, 2.75) is 12.2 Å². The predicted octanol–water partition coefficient (Wildman–Crippen LogP) is 5.49. The molecule has 1 saturated heterocycles. The second-order valence-electron chi connectivity index (χ2n) is 7.78. The fourth-order valence-electron chi connectivity index (χ4n) is 4.14. The van der Waals surface area contributed by atoms with Crippen LogP contribution in [0.1, 0.15) is 22.7 Å². The molecule has 186 valence electrons. The highest BCUT2D eigenvalue weighted by molar-refractivity contribution is 6.51. The molecule has 10 heteroatoms. The minimum absolute atomic E-state index is 0.0779. The summed E-state index contributed by atoms with van der Waals surface area (Å²) in [5, 5.41) is 11.3. The molecule has 0 saturated carbocycles. The van der Waals surface area contributed by atoms with Crippen molar-refractivity contribution >= 4 is 23.1 Å². The van der Waals surface area contributed by atoms with Gasteiger partial charge in [0.2, 0.25) is 0 Å². The lowest BCUT2D eigenvalue weighted by atomic mass is 9.94. The second-order valence-corrected chi connectivity index (χ2v) is 7.78. The molecule has 1 unspecified atom stereocenters. The van der Waals surface area contributed by atoms with Crippen LogP contribution >= 0.6 is 0 Å². The fourth-order valence-corrected chi connectivity index (χ4v) is 4.14. The van der Waals surface area contributed by atoms with E-state index in [2.05, 4.69) is 0 Å². The van der Waals surface area contributed by atoms with Gasteiger partial charge in [-0.25, -0.2) is 4.39 Å². The molecule has 1 heterocycles. The van der Waals surface area contributed by atoms with E-state index in [0.717, 1.165) is 23.1 Å². The van der Waals surface area contributed by atoms with Crippen LogP contribution in [0.4, 0.5) is 23.2 Å². The van der Waals surface area contributed by atoms with Crippen molar-refractivity contribution in [3.8, 4) is 11.5 Å². The molecule has 0 aromatic heterocycles. The van der Waals surface area contributed by atoms with Gasteiger partial charge >= 0.3 is 6.18 Å². The lowest BCUT2D eigenvalue weighted by Crippen LogP contribution is -2.30. The summed E-state index contributed by atoms with van der Waals surface area (Å²) in [7, 11) is 2.61. The molecule has 1 fully saturated rings. The maximum atomic E-state index is 15.0. The summed E-state index contributed by atoms with van der Waals surface area (Å²) in [6.45, 7) is 0. The van der Waals surface area contributed by atoms with Crippen LogP contribution in [0.15, 0.2) is 72.3 Å². The molecule has 3 aromatic carbocycles. The molecule has 1 aliphatic rings. The zero-order valence-corrected chi connectivity index (χ0v) is 19.0. The van der Waals surface area contributed by atoms with Crippen LogP contribution in [-0.4, -0.2) is 31.0 Å². The Bertz CT molecular complexity index is 1360. The van der Waals surface area contributed by atoms with E-state index in [1.807, 2.05) is 0 Å². The quantitative estimate of drug-likeness (QED) is 0.217. The molecule has 36 heavy (non-hydrogen) atoms. The molecule has 1 aliphatic heterocycles. The first-order valence-electron chi connectivity index (χ1n) is 10.5. The lowest BCUT2D eigenvalue weighted by molar-refractivity contribution is -0.137. The van der Waals surface area contributed by atoms with Crippen LogP contribution in [-0.2, 0) is 15.8 Å². The van der Waals surface area contributed by atoms with Crippen LogP contribution in [0, 0.1) is 5.82 Å². The molecule has 1 atom stereocenters. The molecular weight excluding hydrogens is 482 g/mol. The molecule has 6 nitrogen and oxygen atoms in total. The average Bonchev–Trinajstić information content (AvgIpc) is 3.13. The van der Waals surface area contributed by atoms with Gasteiger partial charge in [-0.2, -0.15) is 13.2 Å². The van der Waals surface area contributed by atoms with Crippen LogP contribution in [0.3, 0.4) is 0 Å². The van der Waals surface area contributed by atoms with Crippen LogP contribution in [0.25, 0.3) is 5.76 Å². The number of carbonyl (C=O) groups is 2. The predicted molar refractivity (Wildman–Crippen MR) is 122 cm³/mol. The first-order valence-corrected chi connectivity index (χ1v) is 10.5. The van der Waals surface area contributed by atoms with Gasteiger partial charge in [-0.3, -0.25) is 14.5 Å². The van der Waals surface area contributed by atoms with Gasteiger partial charge in [0.15, 0.2) is 0 Å². The van der Waals surface area contributed by atoms with Gasteiger partial charge in [0.1, 0.15) is 28.6 Å². The molecule has 3 aromatic rings. The molecule has 1 N–H and O–H groups in total. The second kappa shape index (κ2) is 9.37. The number of rotatable bonds is 5. The highest BCUT2D eigenvalue weighted by Gasteiger charge is 2.48. The summed E-state index contributed by atoms with van der Waals surface area (Å²) < 4.78 is 65.7. The average molecular weight is 501 g/mol. The number of benzene rings is 3. The summed E-state index contributed by atoms with van der Waals surface area (Å²) in [6.07, 6.45) is -4.73. The van der Waals surface area contributed by atoms with Crippen molar-refractivity contribution in [2.24, 2.45) is 0 Å². The number of hydrogen-bond donors (Lipinski definition) is 1. The highest BCUT2D eigenvalue weighted by atomic mass is 19.4. The Kier molecular flexibility index (Phi) is 6.45. The molecule has 0 spiro atoms. The van der Waals surface area contributed by atoms with Crippen molar-refractivity contribution in [2.75, 3.05) is 19.1 Å². The smallest absolute Gasteiger partial charge is 0.416 e. The number of hydrogen-bond acceptors (Lipinski definition) is 5. The van der Waals surface area contributed by atoms with Crippen molar-refractivity contribution in [3.05, 3.63) is 94.8 Å². The first kappa shape index (κ1) is 24.8. The van der Waals surface area contributed by atoms with Gasteiger partial charge in [-0.1, -0.05) is 30.3 Å². The highest BCUT2D eigenvalue weighted by Crippen LogP contribution is 2.46. The Balaban J connectivity index is 2.03. The number of alkyl halides is 3. The maximum absolute atomic E-state index is 15.0. The molecule has 0 radical (unpaired) electrons. The third-order valence-corrected chi connectivity index (χ3v) is 5.76. The number of halogens is 4. The Morgan fingerprint density at radius 1 is 0.917 bits per heavy atom. The summed E-state index contributed by atoms with van der Waals surface area (Å²) in [5.41, 5.74) is -2.19. The summed E-state index contributed by atoms with van der Waals surface area (Å²) in [4.78, 5) is 27.2. The Morgan fingerprint density at radius 2 is 1.53 bits per heavy atom. The number of Topliss-reactive ketones (excluding diaryl/α,β-unsaturated/α-hetero) is 1. The SMILES string of the molecule is COc1cccc(OC)c1/C(O)=C1\C(=O)C(=O)N(c2cccc(C(F)(F)F)c2)C1c1ccccc1F. The summed E-state index contributed by atoms with van der Waals surface area (Å²) in [5.74, 6) is -3.84. The van der Waals surface area contributed by atoms with E-state index in [9.17, 15) is 27.9 Å². The van der Waals surface area contributed by atoms with Crippen LogP contribution in [0.2, 0.25) is 0 Å². The number of amides is 1. The van der Waals surface area contributed by atoms with Gasteiger partial charge in [-0.15, -0.1) is 0 Å². The van der Waals surface area contributed by atoms with E-state index in [1.54, 1.807) is 6.07 Å². The molecule has 0 bridgehead atoms. The van der Waals surface area contributed by atoms with Gasteiger partial charge in [0, 0.05) is 11.3 Å². The zero-order valence-electron chi connectivity index (χ0n) is 19.0. The molecule has 0 aliphatic carbocycles. The Labute approximate surface area is 203 Å². The third kappa shape index (κ3) is 4.15. The minimum atomic E-state index is -4.73. The van der Waals surface area contributed by atoms with Crippen LogP contribution in [0.5, 0.6) is 11.5 Å². The Hall–Kier alpha value is -4.34. The minimum Gasteiger partial charge on any atom is -0.506 e. The number of ketones is 1. The van der Waals surface area contributed by atoms with Crippen LogP contribution < -0.4 is 14.4 Å². The largest absolute Gasteiger partial charge is 0.506 e. The normalized spacial score (nSPS) is 17.4. The summed E-state index contributed by atoms with van der Waals surface area (Å²) >= 11 is 0. The first-order chi connectivity index (χ1) is 17.1. The third-order valence-electron chi connectivity index (χ3n) is 5.76. The van der Waals surface area contributed by atoms with Crippen molar-refractivity contribution in [1.82, 2.24) is 0 Å². The number of aliphatic hydroxyl groups is 1. The number of ether oxygens (including phenoxy) is 2. The number of nitrogens with zero attached hydrogens (tertiary/aromatic N) is 1. The lowest BCUT2D eigenvalue weighted by Gasteiger charge is -2.26. The van der Waals surface area contributed by atoms with E-state index in [-0.39, 0.29) is 28.3 Å². The van der Waals surface area contributed by atoms with Crippen molar-refractivity contribution in [1.29, 1.82) is 0 Å². The molecule has 4 rings (SSSR count). The standard InChI is InChI=1S/C26H19F4NO5/c1-35-18-11-6-12-19(36-2)20(18)23(32)21-22(16-9-3-4-10-17(16)27)31(25(34)24(21)33)15-8-5-7-14(13-15)26(28,29)30/h3-13,22,32H,1-2H3/b23-21+. The monoisotopic (exact) mass is 501 g/mol. The van der Waals surface area contributed by atoms with E-state index in [0.29, 0.717) is 6.07 Å². The summed E-state index contributed by atoms with van der Waals surface area (Å²) in [6, 6.07) is 11.8. The number of carbonyl (C=O) groups excluding carboxylic acids is 2. The Morgan fingerprint density at radius 3 is 2.11 bits per heavy atom. The van der Waals surface area contributed by atoms with E-state index >= 15 is 4.39 Å². The fraction of sp³-hybridized carbons (Fsp3) is 0.154. The van der Waals surface area contributed by atoms with Crippen molar-refractivity contribution in [3.63, 3.8) is 0 Å². The van der Waals surface area contributed by atoms with Gasteiger partial charge in [0.25, 0.3) is 11.7 Å². The molecular formula is C26H19F4NO5. The topological polar surface area (TPSA) is 76.1 Å². The van der Waals surface area contributed by atoms with Gasteiger partial charge in [-0.05, 0) is 36.4 Å². The number of anilines is 1. The van der Waals surface area contributed by atoms with Crippen molar-refractivity contribution < 1.29 is 41.7 Å². The maximum Gasteiger partial charge on any atom is 0.416 e. The molecule has 1 amide bonds.